The summed E-state index contributed by atoms with van der Waals surface area (Å²) >= 11 is 0. The zero-order valence-electron chi connectivity index (χ0n) is 20.2. The molecule has 0 radical (unpaired) electrons. The lowest BCUT2D eigenvalue weighted by atomic mass is 9.97. The van der Waals surface area contributed by atoms with E-state index >= 15 is 0 Å². The molecule has 3 aromatic heterocycles. The molecule has 0 aliphatic carbocycles. The van der Waals surface area contributed by atoms with Crippen molar-refractivity contribution in [3.05, 3.63) is 72.6 Å². The Bertz CT molecular complexity index is 1550. The minimum absolute atomic E-state index is 0.0916. The number of aromatic amines is 1. The van der Waals surface area contributed by atoms with E-state index in [4.69, 9.17) is 4.74 Å². The van der Waals surface area contributed by atoms with Crippen molar-refractivity contribution in [2.45, 2.75) is 37.8 Å². The smallest absolute Gasteiger partial charge is 0.281 e. The molecule has 4 heterocycles. The molecule has 9 nitrogen and oxygen atoms in total. The summed E-state index contributed by atoms with van der Waals surface area (Å²) < 4.78 is 34.3. The molecule has 1 saturated heterocycles. The Morgan fingerprint density at radius 2 is 1.94 bits per heavy atom. The van der Waals surface area contributed by atoms with Crippen LogP contribution in [0.3, 0.4) is 0 Å². The van der Waals surface area contributed by atoms with Gasteiger partial charge < -0.3 is 14.6 Å². The van der Waals surface area contributed by atoms with Gasteiger partial charge in [-0.05, 0) is 62.6 Å². The minimum Gasteiger partial charge on any atom is -0.438 e. The molecule has 4 aromatic rings. The molecule has 1 atom stereocenters. The molecule has 1 aliphatic heterocycles. The van der Waals surface area contributed by atoms with Gasteiger partial charge in [-0.1, -0.05) is 19.1 Å². The molecular weight excluding hydrogens is 478 g/mol. The number of nitrogens with zero attached hydrogens (tertiary/aromatic N) is 3. The zero-order valence-corrected chi connectivity index (χ0v) is 21.0. The molecule has 5 rings (SSSR count). The van der Waals surface area contributed by atoms with Crippen LogP contribution < -0.4 is 14.4 Å². The number of sulfonamides is 1. The number of fused-ring (bicyclic) bond motifs is 1. The first-order valence-electron chi connectivity index (χ1n) is 11.6. The maximum Gasteiger partial charge on any atom is 0.281 e. The third kappa shape index (κ3) is 4.51. The van der Waals surface area contributed by atoms with E-state index in [0.29, 0.717) is 17.5 Å². The Labute approximate surface area is 209 Å². The van der Waals surface area contributed by atoms with Gasteiger partial charge in [0.05, 0.1) is 5.56 Å². The van der Waals surface area contributed by atoms with E-state index in [0.717, 1.165) is 23.9 Å². The van der Waals surface area contributed by atoms with E-state index in [1.165, 1.54) is 12.1 Å². The molecule has 186 valence electrons. The van der Waals surface area contributed by atoms with Crippen molar-refractivity contribution in [2.24, 2.45) is 5.92 Å². The Morgan fingerprint density at radius 3 is 2.72 bits per heavy atom. The average Bonchev–Trinajstić information content (AvgIpc) is 3.42. The highest BCUT2D eigenvalue weighted by molar-refractivity contribution is 7.90. The van der Waals surface area contributed by atoms with E-state index in [1.807, 2.05) is 18.2 Å². The van der Waals surface area contributed by atoms with Crippen LogP contribution in [0.4, 0.5) is 5.82 Å². The second-order valence-electron chi connectivity index (χ2n) is 9.65. The fraction of sp³-hybridized carbons (Fsp3) is 0.269. The Morgan fingerprint density at radius 1 is 1.14 bits per heavy atom. The molecule has 10 heteroatoms. The lowest BCUT2D eigenvalue weighted by Gasteiger charge is -2.33. The van der Waals surface area contributed by atoms with E-state index in [2.05, 4.69) is 45.3 Å². The summed E-state index contributed by atoms with van der Waals surface area (Å²) in [5.41, 5.74) is 0.859. The van der Waals surface area contributed by atoms with Crippen LogP contribution in [0.15, 0.2) is 72.0 Å². The number of H-pyrrole nitrogens is 1. The van der Waals surface area contributed by atoms with Gasteiger partial charge in [-0.3, -0.25) is 4.79 Å². The number of rotatable bonds is 6. The van der Waals surface area contributed by atoms with Crippen LogP contribution in [0.25, 0.3) is 10.9 Å². The van der Waals surface area contributed by atoms with Gasteiger partial charge >= 0.3 is 0 Å². The molecular formula is C26H27N5O4S. The maximum absolute atomic E-state index is 13.2. The number of hydrogen-bond donors (Lipinski definition) is 2. The first-order valence-corrected chi connectivity index (χ1v) is 13.1. The fourth-order valence-corrected chi connectivity index (χ4v) is 5.77. The molecule has 1 unspecified atom stereocenters. The summed E-state index contributed by atoms with van der Waals surface area (Å²) in [4.78, 5) is 26.9. The highest BCUT2D eigenvalue weighted by atomic mass is 32.2. The molecule has 0 saturated carbocycles. The summed E-state index contributed by atoms with van der Waals surface area (Å²) in [6.45, 7) is 7.05. The molecule has 1 aromatic carbocycles. The fourth-order valence-electron chi connectivity index (χ4n) is 4.84. The Kier molecular flexibility index (Phi) is 5.91. The van der Waals surface area contributed by atoms with Gasteiger partial charge in [-0.2, -0.15) is 13.4 Å². The minimum atomic E-state index is -4.28. The van der Waals surface area contributed by atoms with Crippen molar-refractivity contribution in [1.29, 1.82) is 0 Å². The Hall–Kier alpha value is -3.92. The monoisotopic (exact) mass is 505 g/mol. The molecule has 1 fully saturated rings. The van der Waals surface area contributed by atoms with E-state index in [-0.39, 0.29) is 22.0 Å². The highest BCUT2D eigenvalue weighted by Crippen LogP contribution is 2.37. The maximum atomic E-state index is 13.2. The van der Waals surface area contributed by atoms with Crippen LogP contribution in [0, 0.1) is 5.92 Å². The van der Waals surface area contributed by atoms with Gasteiger partial charge in [-0.25, -0.2) is 9.71 Å². The van der Waals surface area contributed by atoms with Gasteiger partial charge in [0.2, 0.25) is 5.88 Å². The van der Waals surface area contributed by atoms with Gasteiger partial charge in [0.15, 0.2) is 5.03 Å². The summed E-state index contributed by atoms with van der Waals surface area (Å²) in [6, 6.07) is 14.9. The lowest BCUT2D eigenvalue weighted by Crippen LogP contribution is -2.41. The number of amides is 1. The van der Waals surface area contributed by atoms with E-state index in [9.17, 15) is 13.2 Å². The predicted octanol–water partition coefficient (Wildman–Crippen LogP) is 4.49. The van der Waals surface area contributed by atoms with Crippen molar-refractivity contribution in [1.82, 2.24) is 19.7 Å². The average molecular weight is 506 g/mol. The van der Waals surface area contributed by atoms with E-state index < -0.39 is 15.9 Å². The third-order valence-electron chi connectivity index (χ3n) is 6.33. The number of carbonyl (C=O) groups is 1. The summed E-state index contributed by atoms with van der Waals surface area (Å²) in [5, 5.41) is 0.513. The number of aromatic nitrogens is 3. The first-order chi connectivity index (χ1) is 17.1. The van der Waals surface area contributed by atoms with Crippen LogP contribution in [0.1, 0.15) is 37.6 Å². The largest absolute Gasteiger partial charge is 0.438 e. The van der Waals surface area contributed by atoms with Gasteiger partial charge in [0, 0.05) is 41.4 Å². The number of pyridine rings is 2. The molecule has 0 spiro atoms. The highest BCUT2D eigenvalue weighted by Gasteiger charge is 2.39. The molecule has 36 heavy (non-hydrogen) atoms. The van der Waals surface area contributed by atoms with Crippen LogP contribution in [-0.2, 0) is 10.0 Å². The Balaban J connectivity index is 1.40. The van der Waals surface area contributed by atoms with Gasteiger partial charge in [0.25, 0.3) is 15.9 Å². The number of anilines is 1. The van der Waals surface area contributed by atoms with Crippen molar-refractivity contribution in [3.8, 4) is 11.6 Å². The normalized spacial score (nSPS) is 17.3. The second-order valence-corrected chi connectivity index (χ2v) is 11.3. The second kappa shape index (κ2) is 8.94. The number of benzene rings is 1. The number of carbonyl (C=O) groups excluding carboxylic acids is 1. The molecule has 2 N–H and O–H groups in total. The van der Waals surface area contributed by atoms with Crippen molar-refractivity contribution in [3.63, 3.8) is 0 Å². The predicted molar refractivity (Wildman–Crippen MR) is 137 cm³/mol. The molecule has 1 aliphatic rings. The topological polar surface area (TPSA) is 117 Å². The molecule has 0 bridgehead atoms. The summed E-state index contributed by atoms with van der Waals surface area (Å²) in [5.74, 6) is 0.741. The van der Waals surface area contributed by atoms with Gasteiger partial charge in [0.1, 0.15) is 11.6 Å². The first kappa shape index (κ1) is 23.8. The standard InChI is InChI=1S/C26H27N5O4S/c1-17-15-26(2,3)31(16-17)24-19(7-6-13-28-24)25(32)30-36(33,34)23-11-5-10-22(29-23)35-21-9-4-8-20-18(21)12-14-27-20/h4-14,17,27H,15-16H2,1-3H3,(H,30,32). The number of nitrogens with one attached hydrogen (secondary N) is 2. The number of hydrogen-bond acceptors (Lipinski definition) is 7. The van der Waals surface area contributed by atoms with Crippen LogP contribution in [0.2, 0.25) is 0 Å². The summed E-state index contributed by atoms with van der Waals surface area (Å²) in [7, 11) is -4.28. The van der Waals surface area contributed by atoms with Crippen LogP contribution >= 0.6 is 0 Å². The van der Waals surface area contributed by atoms with Crippen molar-refractivity contribution >= 4 is 32.7 Å². The lowest BCUT2D eigenvalue weighted by molar-refractivity contribution is 0.0981. The number of ether oxygens (including phenoxy) is 1. The summed E-state index contributed by atoms with van der Waals surface area (Å²) in [6.07, 6.45) is 4.33. The third-order valence-corrected chi connectivity index (χ3v) is 7.56. The van der Waals surface area contributed by atoms with Crippen molar-refractivity contribution < 1.29 is 17.9 Å². The zero-order chi connectivity index (χ0) is 25.5. The van der Waals surface area contributed by atoms with Crippen molar-refractivity contribution in [2.75, 3.05) is 11.4 Å². The van der Waals surface area contributed by atoms with Crippen LogP contribution in [-0.4, -0.2) is 41.4 Å². The van der Waals surface area contributed by atoms with Crippen LogP contribution in [0.5, 0.6) is 11.6 Å². The van der Waals surface area contributed by atoms with E-state index in [1.54, 1.807) is 36.7 Å². The van der Waals surface area contributed by atoms with Gasteiger partial charge in [-0.15, -0.1) is 0 Å². The SMILES string of the molecule is CC1CN(c2ncccc2C(=O)NS(=O)(=O)c2cccc(Oc3cccc4[nH]ccc34)n2)C(C)(C)C1. The quantitative estimate of drug-likeness (QED) is 0.396. The molecule has 1 amide bonds.